The number of nitrogens with zero attached hydrogens (tertiary/aromatic N) is 3. The fraction of sp³-hybridized carbons (Fsp3) is 0.391. The summed E-state index contributed by atoms with van der Waals surface area (Å²) >= 11 is 0. The second-order valence-electron chi connectivity index (χ2n) is 8.44. The van der Waals surface area contributed by atoms with Gasteiger partial charge < -0.3 is 24.6 Å². The third-order valence-electron chi connectivity index (χ3n) is 5.81. The third kappa shape index (κ3) is 4.63. The second-order valence-corrected chi connectivity index (χ2v) is 11.0. The topological polar surface area (TPSA) is 115 Å². The number of ether oxygens (including phenoxy) is 3. The number of aromatic nitrogens is 2. The first kappa shape index (κ1) is 22.8. The monoisotopic (exact) mass is 488 g/mol. The summed E-state index contributed by atoms with van der Waals surface area (Å²) in [6.07, 6.45) is 3.49. The minimum absolute atomic E-state index is 0.123. The van der Waals surface area contributed by atoms with Crippen LogP contribution in [0.15, 0.2) is 41.0 Å². The van der Waals surface area contributed by atoms with Crippen molar-refractivity contribution in [2.75, 3.05) is 31.9 Å². The van der Waals surface area contributed by atoms with Crippen molar-refractivity contribution in [1.82, 2.24) is 9.97 Å². The number of benzene rings is 2. The van der Waals surface area contributed by atoms with Gasteiger partial charge in [-0.25, -0.2) is 18.6 Å². The molecule has 1 unspecified atom stereocenters. The molecule has 0 spiro atoms. The SMILES string of the molecule is COc1cc(N=S(C)(=O)C2CC2)cc2ncnc(Nc3ccc(F)cc3O[C@H]3COC[C@@H]3O)c12. The molecule has 0 amide bonds. The van der Waals surface area contributed by atoms with Crippen molar-refractivity contribution in [3.05, 3.63) is 42.5 Å². The van der Waals surface area contributed by atoms with Crippen LogP contribution in [-0.4, -0.2) is 63.3 Å². The van der Waals surface area contributed by atoms with Gasteiger partial charge >= 0.3 is 0 Å². The number of rotatable bonds is 7. The van der Waals surface area contributed by atoms with Crippen LogP contribution < -0.4 is 14.8 Å². The Bertz CT molecular complexity index is 1360. The smallest absolute Gasteiger partial charge is 0.150 e. The fourth-order valence-corrected chi connectivity index (χ4v) is 5.54. The van der Waals surface area contributed by atoms with Gasteiger partial charge in [0.15, 0.2) is 6.10 Å². The van der Waals surface area contributed by atoms with Crippen LogP contribution in [0.4, 0.5) is 21.6 Å². The first-order valence-corrected chi connectivity index (χ1v) is 12.9. The van der Waals surface area contributed by atoms with Gasteiger partial charge in [-0.3, -0.25) is 0 Å². The van der Waals surface area contributed by atoms with Crippen LogP contribution >= 0.6 is 0 Å². The molecule has 2 N–H and O–H groups in total. The Morgan fingerprint density at radius 2 is 2.03 bits per heavy atom. The third-order valence-corrected chi connectivity index (χ3v) is 8.09. The zero-order valence-corrected chi connectivity index (χ0v) is 19.5. The van der Waals surface area contributed by atoms with Crippen molar-refractivity contribution >= 4 is 37.8 Å². The molecule has 1 saturated heterocycles. The maximum atomic E-state index is 14.0. The summed E-state index contributed by atoms with van der Waals surface area (Å²) in [5, 5.41) is 13.9. The average molecular weight is 489 g/mol. The number of aliphatic hydroxyl groups excluding tert-OH is 1. The lowest BCUT2D eigenvalue weighted by molar-refractivity contribution is 0.0736. The van der Waals surface area contributed by atoms with Crippen LogP contribution in [0.2, 0.25) is 0 Å². The molecule has 180 valence electrons. The summed E-state index contributed by atoms with van der Waals surface area (Å²) in [4.78, 5) is 8.70. The van der Waals surface area contributed by atoms with Crippen LogP contribution in [0.3, 0.4) is 0 Å². The number of hydrogen-bond acceptors (Lipinski definition) is 9. The molecule has 0 bridgehead atoms. The quantitative estimate of drug-likeness (QED) is 0.519. The number of methoxy groups -OCH3 is 1. The molecule has 3 atom stereocenters. The number of hydrogen-bond donors (Lipinski definition) is 2. The lowest BCUT2D eigenvalue weighted by atomic mass is 10.2. The van der Waals surface area contributed by atoms with Gasteiger partial charge in [-0.2, -0.15) is 4.36 Å². The van der Waals surface area contributed by atoms with E-state index < -0.39 is 27.8 Å². The highest BCUT2D eigenvalue weighted by atomic mass is 32.2. The summed E-state index contributed by atoms with van der Waals surface area (Å²) in [5.74, 6) is 0.591. The van der Waals surface area contributed by atoms with Gasteiger partial charge in [-0.1, -0.05) is 0 Å². The van der Waals surface area contributed by atoms with Gasteiger partial charge in [-0.05, 0) is 31.0 Å². The Labute approximate surface area is 196 Å². The Morgan fingerprint density at radius 3 is 2.74 bits per heavy atom. The molecule has 1 saturated carbocycles. The van der Waals surface area contributed by atoms with Crippen LogP contribution in [0.25, 0.3) is 10.9 Å². The van der Waals surface area contributed by atoms with Crippen LogP contribution in [0.1, 0.15) is 12.8 Å². The van der Waals surface area contributed by atoms with Gasteiger partial charge in [0, 0.05) is 23.6 Å². The minimum atomic E-state index is -2.34. The molecule has 1 aromatic heterocycles. The highest BCUT2D eigenvalue weighted by Gasteiger charge is 2.31. The van der Waals surface area contributed by atoms with Gasteiger partial charge in [0.05, 0.1) is 52.3 Å². The summed E-state index contributed by atoms with van der Waals surface area (Å²) in [5.41, 5.74) is 1.52. The molecule has 34 heavy (non-hydrogen) atoms. The molecular weight excluding hydrogens is 463 g/mol. The van der Waals surface area contributed by atoms with E-state index in [0.717, 1.165) is 12.8 Å². The Morgan fingerprint density at radius 1 is 1.21 bits per heavy atom. The maximum Gasteiger partial charge on any atom is 0.150 e. The molecule has 1 aliphatic heterocycles. The summed E-state index contributed by atoms with van der Waals surface area (Å²) in [7, 11) is -0.819. The normalized spacial score (nSPS) is 21.8. The van der Waals surface area contributed by atoms with E-state index in [1.807, 2.05) is 0 Å². The fourth-order valence-electron chi connectivity index (χ4n) is 3.86. The number of nitrogens with one attached hydrogen (secondary N) is 1. The number of fused-ring (bicyclic) bond motifs is 1. The van der Waals surface area contributed by atoms with Crippen molar-refractivity contribution in [2.24, 2.45) is 4.36 Å². The highest BCUT2D eigenvalue weighted by Crippen LogP contribution is 2.39. The van der Waals surface area contributed by atoms with E-state index in [1.54, 1.807) is 18.4 Å². The molecule has 11 heteroatoms. The number of aliphatic hydroxyl groups is 1. The molecule has 5 rings (SSSR count). The van der Waals surface area contributed by atoms with E-state index in [1.165, 1.54) is 31.6 Å². The first-order valence-electron chi connectivity index (χ1n) is 10.9. The lowest BCUT2D eigenvalue weighted by Crippen LogP contribution is -2.30. The highest BCUT2D eigenvalue weighted by molar-refractivity contribution is 7.93. The summed E-state index contributed by atoms with van der Waals surface area (Å²) < 4.78 is 48.0. The van der Waals surface area contributed by atoms with Crippen LogP contribution in [0.5, 0.6) is 11.5 Å². The van der Waals surface area contributed by atoms with Crippen molar-refractivity contribution < 1.29 is 27.9 Å². The average Bonchev–Trinajstić information content (AvgIpc) is 3.59. The molecule has 2 aromatic carbocycles. The van der Waals surface area contributed by atoms with E-state index in [0.29, 0.717) is 33.8 Å². The van der Waals surface area contributed by atoms with Crippen LogP contribution in [0, 0.1) is 5.82 Å². The van der Waals surface area contributed by atoms with E-state index >= 15 is 0 Å². The Balaban J connectivity index is 1.53. The first-order chi connectivity index (χ1) is 16.3. The minimum Gasteiger partial charge on any atom is -0.496 e. The van der Waals surface area contributed by atoms with E-state index in [2.05, 4.69) is 19.6 Å². The molecule has 2 aliphatic rings. The van der Waals surface area contributed by atoms with Crippen molar-refractivity contribution in [3.8, 4) is 11.5 Å². The lowest BCUT2D eigenvalue weighted by Gasteiger charge is -2.19. The maximum absolute atomic E-state index is 14.0. The molecular formula is C23H25FN4O5S. The van der Waals surface area contributed by atoms with Crippen molar-refractivity contribution in [1.29, 1.82) is 0 Å². The summed E-state index contributed by atoms with van der Waals surface area (Å²) in [6.45, 7) is 0.365. The van der Waals surface area contributed by atoms with E-state index in [-0.39, 0.29) is 24.2 Å². The molecule has 9 nitrogen and oxygen atoms in total. The second kappa shape index (κ2) is 8.97. The standard InChI is InChI=1S/C23H25FN4O5S/c1-31-20-9-14(28-34(2,30)15-4-5-15)8-17-22(20)23(26-12-25-17)27-16-6-3-13(24)7-19(16)33-21-11-32-10-18(21)29/h3,6-9,12,15,18,21,29H,4-5,10-11H2,1-2H3,(H,25,26,27)/t18-,21-,34?/m0/s1. The molecule has 0 radical (unpaired) electrons. The number of halogens is 1. The largest absolute Gasteiger partial charge is 0.496 e. The Kier molecular flexibility index (Phi) is 6.00. The zero-order chi connectivity index (χ0) is 23.9. The van der Waals surface area contributed by atoms with Gasteiger partial charge in [-0.15, -0.1) is 0 Å². The number of anilines is 2. The van der Waals surface area contributed by atoms with Crippen molar-refractivity contribution in [3.63, 3.8) is 0 Å². The predicted molar refractivity (Wildman–Crippen MR) is 126 cm³/mol. The summed E-state index contributed by atoms with van der Waals surface area (Å²) in [6, 6.07) is 7.50. The van der Waals surface area contributed by atoms with E-state index in [9.17, 15) is 13.7 Å². The molecule has 1 aliphatic carbocycles. The van der Waals surface area contributed by atoms with E-state index in [4.69, 9.17) is 14.2 Å². The van der Waals surface area contributed by atoms with Crippen LogP contribution in [-0.2, 0) is 14.5 Å². The van der Waals surface area contributed by atoms with Gasteiger partial charge in [0.1, 0.15) is 35.6 Å². The molecule has 2 fully saturated rings. The molecule has 2 heterocycles. The predicted octanol–water partition coefficient (Wildman–Crippen LogP) is 3.55. The Hall–Kier alpha value is -3.02. The van der Waals surface area contributed by atoms with Gasteiger partial charge in [0.25, 0.3) is 0 Å². The molecule has 3 aromatic rings. The van der Waals surface area contributed by atoms with Crippen molar-refractivity contribution in [2.45, 2.75) is 30.3 Å². The zero-order valence-electron chi connectivity index (χ0n) is 18.7. The van der Waals surface area contributed by atoms with Gasteiger partial charge in [0.2, 0.25) is 0 Å².